The van der Waals surface area contributed by atoms with Crippen LogP contribution in [0.25, 0.3) is 0 Å². The van der Waals surface area contributed by atoms with E-state index in [1.807, 2.05) is 6.92 Å². The highest BCUT2D eigenvalue weighted by Crippen LogP contribution is 2.05. The first kappa shape index (κ1) is 13.3. The molecule has 0 saturated heterocycles. The Balaban J connectivity index is 3.42. The quantitative estimate of drug-likeness (QED) is 0.480. The molecule has 0 aliphatic heterocycles. The molecule has 0 N–H and O–H groups in total. The molecule has 0 bridgehead atoms. The predicted molar refractivity (Wildman–Crippen MR) is 61.6 cm³/mol. The molecule has 1 atom stereocenters. The van der Waals surface area contributed by atoms with E-state index in [-0.39, 0.29) is 0 Å². The summed E-state index contributed by atoms with van der Waals surface area (Å²) in [6, 6.07) is 0. The zero-order chi connectivity index (χ0) is 10.1. The van der Waals surface area contributed by atoms with E-state index in [0.717, 1.165) is 38.0 Å². The molecular weight excluding hydrogens is 182 g/mol. The lowest BCUT2D eigenvalue weighted by Gasteiger charge is -2.21. The molecule has 80 valence electrons. The van der Waals surface area contributed by atoms with Crippen molar-refractivity contribution in [2.45, 2.75) is 20.3 Å². The standard InChI is InChI=1S/C10H23NOS/c1-4-10(9-13)8-11(3)6-7-12-5-2/h10,13H,4-9H2,1-3H3. The third kappa shape index (κ3) is 7.35. The Hall–Kier alpha value is 0.270. The van der Waals surface area contributed by atoms with Gasteiger partial charge in [0.1, 0.15) is 0 Å². The van der Waals surface area contributed by atoms with Crippen LogP contribution in [0.5, 0.6) is 0 Å². The van der Waals surface area contributed by atoms with Crippen LogP contribution in [0.1, 0.15) is 20.3 Å². The Kier molecular flexibility index (Phi) is 9.03. The number of hydrogen-bond acceptors (Lipinski definition) is 3. The summed E-state index contributed by atoms with van der Waals surface area (Å²) in [5.74, 6) is 1.70. The average molecular weight is 205 g/mol. The van der Waals surface area contributed by atoms with Gasteiger partial charge in [0.25, 0.3) is 0 Å². The van der Waals surface area contributed by atoms with Crippen LogP contribution in [0, 0.1) is 5.92 Å². The van der Waals surface area contributed by atoms with Gasteiger partial charge in [-0.25, -0.2) is 0 Å². The minimum absolute atomic E-state index is 0.718. The highest BCUT2D eigenvalue weighted by Gasteiger charge is 2.07. The van der Waals surface area contributed by atoms with Crippen molar-refractivity contribution < 1.29 is 4.74 Å². The molecule has 0 rings (SSSR count). The fraction of sp³-hybridized carbons (Fsp3) is 1.00. The van der Waals surface area contributed by atoms with Gasteiger partial charge in [-0.05, 0) is 25.6 Å². The average Bonchev–Trinajstić information content (AvgIpc) is 2.14. The van der Waals surface area contributed by atoms with Crippen molar-refractivity contribution in [3.05, 3.63) is 0 Å². The van der Waals surface area contributed by atoms with Crippen LogP contribution in [0.4, 0.5) is 0 Å². The number of rotatable bonds is 8. The van der Waals surface area contributed by atoms with Crippen molar-refractivity contribution in [1.82, 2.24) is 4.90 Å². The summed E-state index contributed by atoms with van der Waals surface area (Å²) < 4.78 is 5.29. The third-order valence-corrected chi connectivity index (χ3v) is 2.74. The van der Waals surface area contributed by atoms with E-state index >= 15 is 0 Å². The highest BCUT2D eigenvalue weighted by atomic mass is 32.1. The summed E-state index contributed by atoms with van der Waals surface area (Å²) >= 11 is 4.32. The van der Waals surface area contributed by atoms with Crippen molar-refractivity contribution in [3.8, 4) is 0 Å². The number of hydrogen-bond donors (Lipinski definition) is 1. The molecule has 0 aromatic heterocycles. The molecule has 0 aromatic rings. The molecule has 3 heteroatoms. The first-order chi connectivity index (χ1) is 6.24. The molecule has 2 nitrogen and oxygen atoms in total. The Morgan fingerprint density at radius 3 is 2.54 bits per heavy atom. The van der Waals surface area contributed by atoms with Gasteiger partial charge in [-0.15, -0.1) is 0 Å². The first-order valence-corrected chi connectivity index (χ1v) is 5.74. The van der Waals surface area contributed by atoms with E-state index in [0.29, 0.717) is 0 Å². The lowest BCUT2D eigenvalue weighted by molar-refractivity contribution is 0.118. The van der Waals surface area contributed by atoms with Crippen LogP contribution in [0.3, 0.4) is 0 Å². The van der Waals surface area contributed by atoms with Crippen LogP contribution in [0.15, 0.2) is 0 Å². The van der Waals surface area contributed by atoms with Crippen LogP contribution >= 0.6 is 12.6 Å². The first-order valence-electron chi connectivity index (χ1n) is 5.11. The van der Waals surface area contributed by atoms with E-state index in [1.54, 1.807) is 0 Å². The fourth-order valence-corrected chi connectivity index (χ4v) is 1.59. The second kappa shape index (κ2) is 8.85. The lowest BCUT2D eigenvalue weighted by Crippen LogP contribution is -2.29. The van der Waals surface area contributed by atoms with E-state index in [9.17, 15) is 0 Å². The van der Waals surface area contributed by atoms with Gasteiger partial charge >= 0.3 is 0 Å². The molecule has 1 unspecified atom stereocenters. The SMILES string of the molecule is CCOCCN(C)CC(CC)CS. The Morgan fingerprint density at radius 2 is 2.08 bits per heavy atom. The lowest BCUT2D eigenvalue weighted by atomic mass is 10.1. The molecule has 0 spiro atoms. The van der Waals surface area contributed by atoms with Gasteiger partial charge < -0.3 is 9.64 Å². The van der Waals surface area contributed by atoms with E-state index in [1.165, 1.54) is 6.42 Å². The predicted octanol–water partition coefficient (Wildman–Crippen LogP) is 1.91. The Morgan fingerprint density at radius 1 is 1.38 bits per heavy atom. The maximum Gasteiger partial charge on any atom is 0.0593 e. The van der Waals surface area contributed by atoms with Gasteiger partial charge in [0.2, 0.25) is 0 Å². The Bertz CT molecular complexity index is 107. The summed E-state index contributed by atoms with van der Waals surface area (Å²) in [6.07, 6.45) is 1.21. The minimum atomic E-state index is 0.718. The summed E-state index contributed by atoms with van der Waals surface area (Å²) in [4.78, 5) is 2.32. The van der Waals surface area contributed by atoms with Crippen molar-refractivity contribution in [3.63, 3.8) is 0 Å². The maximum absolute atomic E-state index is 5.29. The topological polar surface area (TPSA) is 12.5 Å². The molecule has 0 aromatic carbocycles. The van der Waals surface area contributed by atoms with Crippen LogP contribution < -0.4 is 0 Å². The molecule has 0 saturated carbocycles. The fourth-order valence-electron chi connectivity index (χ4n) is 1.21. The zero-order valence-corrected chi connectivity index (χ0v) is 10.0. The molecule has 0 aliphatic carbocycles. The molecular formula is C10H23NOS. The van der Waals surface area contributed by atoms with Crippen LogP contribution in [-0.4, -0.2) is 44.0 Å². The molecule has 0 heterocycles. The second-order valence-electron chi connectivity index (χ2n) is 3.42. The van der Waals surface area contributed by atoms with Gasteiger partial charge in [-0.2, -0.15) is 12.6 Å². The van der Waals surface area contributed by atoms with Gasteiger partial charge in [0.05, 0.1) is 6.61 Å². The molecule has 13 heavy (non-hydrogen) atoms. The van der Waals surface area contributed by atoms with Crippen molar-refractivity contribution in [2.24, 2.45) is 5.92 Å². The number of nitrogens with zero attached hydrogens (tertiary/aromatic N) is 1. The number of ether oxygens (including phenoxy) is 1. The summed E-state index contributed by atoms with van der Waals surface area (Å²) in [5.41, 5.74) is 0. The van der Waals surface area contributed by atoms with Gasteiger partial charge in [0, 0.05) is 19.7 Å². The number of thiol groups is 1. The Labute approximate surface area is 88.1 Å². The second-order valence-corrected chi connectivity index (χ2v) is 3.78. The van der Waals surface area contributed by atoms with E-state index < -0.39 is 0 Å². The summed E-state index contributed by atoms with van der Waals surface area (Å²) in [7, 11) is 2.14. The third-order valence-electron chi connectivity index (χ3n) is 2.23. The minimum Gasteiger partial charge on any atom is -0.380 e. The smallest absolute Gasteiger partial charge is 0.0593 e. The van der Waals surface area contributed by atoms with Crippen molar-refractivity contribution in [1.29, 1.82) is 0 Å². The van der Waals surface area contributed by atoms with Gasteiger partial charge in [0.15, 0.2) is 0 Å². The van der Waals surface area contributed by atoms with Crippen molar-refractivity contribution >= 4 is 12.6 Å². The van der Waals surface area contributed by atoms with E-state index in [2.05, 4.69) is 31.5 Å². The molecule has 0 radical (unpaired) electrons. The van der Waals surface area contributed by atoms with Crippen LogP contribution in [0.2, 0.25) is 0 Å². The monoisotopic (exact) mass is 205 g/mol. The normalized spacial score (nSPS) is 13.6. The van der Waals surface area contributed by atoms with Gasteiger partial charge in [-0.1, -0.05) is 13.3 Å². The zero-order valence-electron chi connectivity index (χ0n) is 9.12. The van der Waals surface area contributed by atoms with E-state index in [4.69, 9.17) is 4.74 Å². The molecule has 0 aliphatic rings. The summed E-state index contributed by atoms with van der Waals surface area (Å²) in [5, 5.41) is 0. The van der Waals surface area contributed by atoms with Gasteiger partial charge in [-0.3, -0.25) is 0 Å². The summed E-state index contributed by atoms with van der Waals surface area (Å²) in [6.45, 7) is 8.07. The van der Waals surface area contributed by atoms with Crippen molar-refractivity contribution in [2.75, 3.05) is 39.1 Å². The molecule has 0 fully saturated rings. The highest BCUT2D eigenvalue weighted by molar-refractivity contribution is 7.80. The molecule has 0 amide bonds. The largest absolute Gasteiger partial charge is 0.380 e. The maximum atomic E-state index is 5.29. The van der Waals surface area contributed by atoms with Crippen LogP contribution in [-0.2, 0) is 4.74 Å². The number of likely N-dealkylation sites (N-methyl/N-ethyl adjacent to an activating group) is 1.